The molecule has 2 aliphatic heterocycles. The number of fused-ring (bicyclic) bond motifs is 1. The molecule has 2 heterocycles. The molecule has 0 radical (unpaired) electrons. The van der Waals surface area contributed by atoms with Gasteiger partial charge in [0.15, 0.2) is 12.6 Å². The van der Waals surface area contributed by atoms with Gasteiger partial charge in [0.1, 0.15) is 5.75 Å². The van der Waals surface area contributed by atoms with Gasteiger partial charge in [-0.15, -0.1) is 24.0 Å². The Morgan fingerprint density at radius 3 is 2.93 bits per heavy atom. The van der Waals surface area contributed by atoms with Gasteiger partial charge in [0.25, 0.3) is 5.91 Å². The fourth-order valence-corrected chi connectivity index (χ4v) is 4.56. The van der Waals surface area contributed by atoms with Gasteiger partial charge in [-0.2, -0.15) is 11.8 Å². The van der Waals surface area contributed by atoms with Crippen LogP contribution in [-0.4, -0.2) is 55.7 Å². The summed E-state index contributed by atoms with van der Waals surface area (Å²) < 4.78 is 5.79. The molecule has 1 aromatic rings. The van der Waals surface area contributed by atoms with E-state index in [9.17, 15) is 4.79 Å². The number of carbonyl (C=O) groups is 1. The Morgan fingerprint density at radius 1 is 1.37 bits per heavy atom. The molecule has 0 aliphatic carbocycles. The number of halogens is 1. The van der Waals surface area contributed by atoms with Crippen LogP contribution in [-0.2, 0) is 4.79 Å². The molecule has 1 atom stereocenters. The van der Waals surface area contributed by atoms with Gasteiger partial charge in [0, 0.05) is 31.4 Å². The van der Waals surface area contributed by atoms with E-state index in [-0.39, 0.29) is 36.5 Å². The van der Waals surface area contributed by atoms with Gasteiger partial charge in [-0.05, 0) is 44.1 Å². The minimum atomic E-state index is 0. The molecule has 8 heteroatoms. The monoisotopic (exact) mass is 504 g/mol. The average molecular weight is 504 g/mol. The summed E-state index contributed by atoms with van der Waals surface area (Å²) in [5.74, 6) is 2.86. The van der Waals surface area contributed by atoms with Crippen LogP contribution in [0.1, 0.15) is 26.2 Å². The molecule has 1 saturated heterocycles. The van der Waals surface area contributed by atoms with Crippen molar-refractivity contribution in [2.45, 2.75) is 30.9 Å². The quantitative estimate of drug-likeness (QED) is 0.270. The standard InChI is InChI=1S/C19H28N4O2S.HI/c1-19(9-5-12-26-19)14-22-18(20-2)21-10-6-11-23-15-7-3-4-8-16(15)25-13-17(23)24;/h3-4,7-8H,5-6,9-14H2,1-2H3,(H2,20,21,22);1H. The largest absolute Gasteiger partial charge is 0.482 e. The number of hydrogen-bond donors (Lipinski definition) is 2. The van der Waals surface area contributed by atoms with Crippen molar-refractivity contribution < 1.29 is 9.53 Å². The molecule has 150 valence electrons. The molecule has 1 unspecified atom stereocenters. The summed E-state index contributed by atoms with van der Waals surface area (Å²) in [5.41, 5.74) is 0.859. The van der Waals surface area contributed by atoms with Crippen LogP contribution >= 0.6 is 35.7 Å². The van der Waals surface area contributed by atoms with Crippen LogP contribution in [0.2, 0.25) is 0 Å². The third kappa shape index (κ3) is 5.91. The lowest BCUT2D eigenvalue weighted by Crippen LogP contribution is -2.45. The molecule has 0 aromatic heterocycles. The number of rotatable bonds is 6. The predicted octanol–water partition coefficient (Wildman–Crippen LogP) is 2.87. The molecule has 1 fully saturated rings. The van der Waals surface area contributed by atoms with Crippen molar-refractivity contribution in [3.05, 3.63) is 24.3 Å². The fraction of sp³-hybridized carbons (Fsp3) is 0.579. The van der Waals surface area contributed by atoms with E-state index in [0.717, 1.165) is 36.9 Å². The van der Waals surface area contributed by atoms with Crippen LogP contribution < -0.4 is 20.3 Å². The Bertz CT molecular complexity index is 665. The number of para-hydroxylation sites is 2. The number of carbonyl (C=O) groups excluding carboxylic acids is 1. The lowest BCUT2D eigenvalue weighted by molar-refractivity contribution is -0.121. The van der Waals surface area contributed by atoms with Crippen LogP contribution in [0, 0.1) is 0 Å². The number of nitrogens with one attached hydrogen (secondary N) is 2. The van der Waals surface area contributed by atoms with E-state index in [4.69, 9.17) is 4.74 Å². The minimum absolute atomic E-state index is 0. The summed E-state index contributed by atoms with van der Waals surface area (Å²) in [5, 5.41) is 6.78. The van der Waals surface area contributed by atoms with Crippen LogP contribution in [0.3, 0.4) is 0 Å². The van der Waals surface area contributed by atoms with Crippen molar-refractivity contribution in [1.29, 1.82) is 0 Å². The van der Waals surface area contributed by atoms with E-state index in [1.165, 1.54) is 18.6 Å². The molecule has 1 aromatic carbocycles. The molecule has 3 rings (SSSR count). The van der Waals surface area contributed by atoms with Gasteiger partial charge in [-0.1, -0.05) is 12.1 Å². The summed E-state index contributed by atoms with van der Waals surface area (Å²) >= 11 is 2.04. The Balaban J connectivity index is 0.00000261. The van der Waals surface area contributed by atoms with Gasteiger partial charge < -0.3 is 20.3 Å². The molecule has 0 bridgehead atoms. The average Bonchev–Trinajstić information content (AvgIpc) is 3.09. The summed E-state index contributed by atoms with van der Waals surface area (Å²) in [4.78, 5) is 18.3. The lowest BCUT2D eigenvalue weighted by atomic mass is 10.1. The number of aliphatic imine (C=N–C) groups is 1. The highest BCUT2D eigenvalue weighted by atomic mass is 127. The molecular weight excluding hydrogens is 475 g/mol. The third-order valence-electron chi connectivity index (χ3n) is 4.81. The number of anilines is 1. The zero-order valence-corrected chi connectivity index (χ0v) is 19.1. The molecule has 0 spiro atoms. The van der Waals surface area contributed by atoms with Gasteiger partial charge in [-0.25, -0.2) is 0 Å². The highest BCUT2D eigenvalue weighted by molar-refractivity contribution is 14.0. The number of thioether (sulfide) groups is 1. The normalized spacial score (nSPS) is 21.9. The van der Waals surface area contributed by atoms with E-state index in [2.05, 4.69) is 22.5 Å². The summed E-state index contributed by atoms with van der Waals surface area (Å²) in [6.45, 7) is 4.77. The zero-order valence-electron chi connectivity index (χ0n) is 16.0. The van der Waals surface area contributed by atoms with Crippen LogP contribution in [0.4, 0.5) is 5.69 Å². The maximum atomic E-state index is 12.2. The molecule has 2 aliphatic rings. The van der Waals surface area contributed by atoms with Crippen molar-refractivity contribution in [2.24, 2.45) is 4.99 Å². The predicted molar refractivity (Wildman–Crippen MR) is 124 cm³/mol. The second-order valence-corrected chi connectivity index (χ2v) is 8.59. The zero-order chi connectivity index (χ0) is 18.4. The SMILES string of the molecule is CN=C(NCCCN1C(=O)COc2ccccc21)NCC1(C)CCCS1.I. The number of benzene rings is 1. The topological polar surface area (TPSA) is 66.0 Å². The van der Waals surface area contributed by atoms with E-state index in [0.29, 0.717) is 11.3 Å². The highest BCUT2D eigenvalue weighted by Crippen LogP contribution is 2.36. The van der Waals surface area contributed by atoms with E-state index in [1.54, 1.807) is 7.05 Å². The molecule has 2 N–H and O–H groups in total. The second-order valence-electron chi connectivity index (χ2n) is 6.91. The number of ether oxygens (including phenoxy) is 1. The Kier molecular flexibility index (Phi) is 8.53. The van der Waals surface area contributed by atoms with E-state index in [1.807, 2.05) is 40.9 Å². The van der Waals surface area contributed by atoms with E-state index >= 15 is 0 Å². The third-order valence-corrected chi connectivity index (χ3v) is 6.35. The second kappa shape index (κ2) is 10.4. The smallest absolute Gasteiger partial charge is 0.265 e. The maximum Gasteiger partial charge on any atom is 0.265 e. The number of amides is 1. The van der Waals surface area contributed by atoms with Crippen molar-refractivity contribution in [3.63, 3.8) is 0 Å². The molecule has 1 amide bonds. The Morgan fingerprint density at radius 2 is 2.19 bits per heavy atom. The molecular formula is C19H29IN4O2S. The van der Waals surface area contributed by atoms with Crippen molar-refractivity contribution in [3.8, 4) is 5.75 Å². The van der Waals surface area contributed by atoms with Crippen molar-refractivity contribution in [2.75, 3.05) is 43.9 Å². The molecule has 27 heavy (non-hydrogen) atoms. The van der Waals surface area contributed by atoms with E-state index < -0.39 is 0 Å². The molecule has 0 saturated carbocycles. The molecule has 6 nitrogen and oxygen atoms in total. The van der Waals surface area contributed by atoms with Crippen LogP contribution in [0.5, 0.6) is 5.75 Å². The first kappa shape index (κ1) is 22.1. The van der Waals surface area contributed by atoms with Gasteiger partial charge in [0.2, 0.25) is 0 Å². The highest BCUT2D eigenvalue weighted by Gasteiger charge is 2.29. The van der Waals surface area contributed by atoms with Crippen molar-refractivity contribution in [1.82, 2.24) is 10.6 Å². The van der Waals surface area contributed by atoms with Gasteiger partial charge in [-0.3, -0.25) is 9.79 Å². The van der Waals surface area contributed by atoms with Gasteiger partial charge >= 0.3 is 0 Å². The van der Waals surface area contributed by atoms with Crippen molar-refractivity contribution >= 4 is 53.3 Å². The van der Waals surface area contributed by atoms with Crippen LogP contribution in [0.15, 0.2) is 29.3 Å². The Hall–Kier alpha value is -1.16. The maximum absolute atomic E-state index is 12.2. The first-order valence-electron chi connectivity index (χ1n) is 9.22. The first-order valence-corrected chi connectivity index (χ1v) is 10.2. The first-order chi connectivity index (χ1) is 12.6. The summed E-state index contributed by atoms with van der Waals surface area (Å²) in [7, 11) is 1.79. The number of guanidine groups is 1. The summed E-state index contributed by atoms with van der Waals surface area (Å²) in [6, 6.07) is 7.69. The minimum Gasteiger partial charge on any atom is -0.482 e. The van der Waals surface area contributed by atoms with Crippen LogP contribution in [0.25, 0.3) is 0 Å². The lowest BCUT2D eigenvalue weighted by Gasteiger charge is -2.29. The number of hydrogen-bond acceptors (Lipinski definition) is 4. The Labute approximate surface area is 182 Å². The van der Waals surface area contributed by atoms with Gasteiger partial charge in [0.05, 0.1) is 5.69 Å². The number of nitrogens with zero attached hydrogens (tertiary/aromatic N) is 2. The fourth-order valence-electron chi connectivity index (χ4n) is 3.31. The summed E-state index contributed by atoms with van der Waals surface area (Å²) in [6.07, 6.45) is 3.39.